The van der Waals surface area contributed by atoms with Crippen molar-refractivity contribution in [2.75, 3.05) is 0 Å². The fraction of sp³-hybridized carbons (Fsp3) is 0.200. The molecule has 3 rings (SSSR count). The number of nitrogens with one attached hydrogen (secondary N) is 1. The van der Waals surface area contributed by atoms with Crippen LogP contribution in [0.4, 0.5) is 0 Å². The van der Waals surface area contributed by atoms with Gasteiger partial charge in [0.2, 0.25) is 5.82 Å². The standard InChI is InChI=1S/C10H10N6OS/c1-5(11)10-14-6(4-18-10)9-15-8(16-17-9)7-12-2-3-13-7/h2-5H,11H2,1H3,(H,12,13). The van der Waals surface area contributed by atoms with Gasteiger partial charge in [0.25, 0.3) is 5.89 Å². The van der Waals surface area contributed by atoms with E-state index in [2.05, 4.69) is 25.1 Å². The van der Waals surface area contributed by atoms with E-state index in [0.717, 1.165) is 5.01 Å². The van der Waals surface area contributed by atoms with Crippen LogP contribution in [-0.4, -0.2) is 25.1 Å². The summed E-state index contributed by atoms with van der Waals surface area (Å²) in [6, 6.07) is -0.101. The van der Waals surface area contributed by atoms with Gasteiger partial charge in [-0.1, -0.05) is 5.16 Å². The molecular formula is C10H10N6OS. The fourth-order valence-electron chi connectivity index (χ4n) is 1.41. The van der Waals surface area contributed by atoms with E-state index >= 15 is 0 Å². The summed E-state index contributed by atoms with van der Waals surface area (Å²) in [5.74, 6) is 1.34. The molecule has 1 atom stereocenters. The molecule has 0 aliphatic rings. The molecule has 8 heteroatoms. The summed E-state index contributed by atoms with van der Waals surface area (Å²) >= 11 is 1.47. The molecule has 0 radical (unpaired) electrons. The van der Waals surface area contributed by atoms with E-state index in [9.17, 15) is 0 Å². The van der Waals surface area contributed by atoms with Crippen molar-refractivity contribution in [1.29, 1.82) is 0 Å². The predicted octanol–water partition coefficient (Wildman–Crippen LogP) is 1.60. The van der Waals surface area contributed by atoms with Crippen molar-refractivity contribution in [3.63, 3.8) is 0 Å². The van der Waals surface area contributed by atoms with Crippen LogP contribution in [0.15, 0.2) is 22.3 Å². The number of thiazole rings is 1. The Balaban J connectivity index is 1.93. The van der Waals surface area contributed by atoms with Crippen molar-refractivity contribution in [2.45, 2.75) is 13.0 Å². The number of aromatic nitrogens is 5. The second-order valence-corrected chi connectivity index (χ2v) is 4.61. The third kappa shape index (κ3) is 1.91. The Morgan fingerprint density at radius 3 is 3.00 bits per heavy atom. The number of rotatable bonds is 3. The minimum absolute atomic E-state index is 0.101. The molecule has 18 heavy (non-hydrogen) atoms. The first-order valence-electron chi connectivity index (χ1n) is 5.29. The third-order valence-corrected chi connectivity index (χ3v) is 3.31. The van der Waals surface area contributed by atoms with Crippen LogP contribution in [-0.2, 0) is 0 Å². The zero-order chi connectivity index (χ0) is 12.5. The number of aromatic amines is 1. The van der Waals surface area contributed by atoms with Gasteiger partial charge in [-0.3, -0.25) is 0 Å². The Labute approximate surface area is 106 Å². The van der Waals surface area contributed by atoms with Gasteiger partial charge in [-0.2, -0.15) is 4.98 Å². The van der Waals surface area contributed by atoms with E-state index in [4.69, 9.17) is 10.3 Å². The van der Waals surface area contributed by atoms with E-state index in [0.29, 0.717) is 23.2 Å². The topological polar surface area (TPSA) is 107 Å². The Morgan fingerprint density at radius 2 is 2.33 bits per heavy atom. The number of nitrogens with two attached hydrogens (primary N) is 1. The molecule has 3 N–H and O–H groups in total. The summed E-state index contributed by atoms with van der Waals surface area (Å²) in [6.45, 7) is 1.88. The van der Waals surface area contributed by atoms with Crippen LogP contribution in [0.1, 0.15) is 18.0 Å². The molecule has 92 valence electrons. The number of hydrogen-bond acceptors (Lipinski definition) is 7. The highest BCUT2D eigenvalue weighted by molar-refractivity contribution is 7.10. The molecule has 0 saturated carbocycles. The first-order chi connectivity index (χ1) is 8.74. The van der Waals surface area contributed by atoms with E-state index in [1.165, 1.54) is 11.3 Å². The summed E-state index contributed by atoms with van der Waals surface area (Å²) in [6.07, 6.45) is 3.32. The van der Waals surface area contributed by atoms with Gasteiger partial charge in [0.15, 0.2) is 5.82 Å². The molecule has 1 unspecified atom stereocenters. The molecule has 0 fully saturated rings. The summed E-state index contributed by atoms with van der Waals surface area (Å²) in [7, 11) is 0. The van der Waals surface area contributed by atoms with Gasteiger partial charge < -0.3 is 15.2 Å². The van der Waals surface area contributed by atoms with Gasteiger partial charge in [-0.05, 0) is 6.92 Å². The molecule has 7 nitrogen and oxygen atoms in total. The average molecular weight is 262 g/mol. The molecule has 0 aliphatic carbocycles. The highest BCUT2D eigenvalue weighted by Crippen LogP contribution is 2.24. The summed E-state index contributed by atoms with van der Waals surface area (Å²) in [5, 5.41) is 6.52. The van der Waals surface area contributed by atoms with Crippen LogP contribution in [0.5, 0.6) is 0 Å². The molecule has 3 aromatic heterocycles. The smallest absolute Gasteiger partial charge is 0.277 e. The van der Waals surface area contributed by atoms with Crippen molar-refractivity contribution in [3.8, 4) is 23.2 Å². The molecule has 0 amide bonds. The van der Waals surface area contributed by atoms with E-state index in [1.807, 2.05) is 12.3 Å². The lowest BCUT2D eigenvalue weighted by Gasteiger charge is -1.95. The number of nitrogens with zero attached hydrogens (tertiary/aromatic N) is 4. The van der Waals surface area contributed by atoms with Crippen LogP contribution in [0.2, 0.25) is 0 Å². The van der Waals surface area contributed by atoms with Crippen molar-refractivity contribution < 1.29 is 4.52 Å². The van der Waals surface area contributed by atoms with E-state index < -0.39 is 0 Å². The first kappa shape index (κ1) is 11.1. The Morgan fingerprint density at radius 1 is 1.44 bits per heavy atom. The zero-order valence-electron chi connectivity index (χ0n) is 9.49. The van der Waals surface area contributed by atoms with Gasteiger partial charge in [-0.25, -0.2) is 9.97 Å². The number of hydrogen-bond donors (Lipinski definition) is 2. The van der Waals surface area contributed by atoms with Crippen molar-refractivity contribution >= 4 is 11.3 Å². The van der Waals surface area contributed by atoms with Gasteiger partial charge >= 0.3 is 0 Å². The lowest BCUT2D eigenvalue weighted by atomic mass is 10.4. The SMILES string of the molecule is CC(N)c1nc(-c2nc(-c3ncc[nH]3)no2)cs1. The van der Waals surface area contributed by atoms with Crippen LogP contribution < -0.4 is 5.73 Å². The molecule has 0 saturated heterocycles. The molecule has 3 heterocycles. The zero-order valence-corrected chi connectivity index (χ0v) is 10.3. The average Bonchev–Trinajstić information content (AvgIpc) is 3.10. The van der Waals surface area contributed by atoms with Crippen molar-refractivity contribution in [3.05, 3.63) is 22.8 Å². The lowest BCUT2D eigenvalue weighted by molar-refractivity contribution is 0.430. The second-order valence-electron chi connectivity index (χ2n) is 3.72. The van der Waals surface area contributed by atoms with Gasteiger partial charge in [0, 0.05) is 17.8 Å². The van der Waals surface area contributed by atoms with Crippen molar-refractivity contribution in [1.82, 2.24) is 25.1 Å². The number of H-pyrrole nitrogens is 1. The minimum Gasteiger partial charge on any atom is -0.342 e. The van der Waals surface area contributed by atoms with Crippen LogP contribution in [0, 0.1) is 0 Å². The Hall–Kier alpha value is -2.06. The largest absolute Gasteiger partial charge is 0.342 e. The van der Waals surface area contributed by atoms with Gasteiger partial charge in [0.05, 0.1) is 6.04 Å². The van der Waals surface area contributed by atoms with Crippen LogP contribution in [0.3, 0.4) is 0 Å². The molecule has 0 spiro atoms. The van der Waals surface area contributed by atoms with Gasteiger partial charge in [0.1, 0.15) is 10.7 Å². The molecule has 0 aromatic carbocycles. The maximum atomic E-state index is 5.75. The Bertz CT molecular complexity index is 641. The van der Waals surface area contributed by atoms with Crippen molar-refractivity contribution in [2.24, 2.45) is 5.73 Å². The molecule has 0 bridgehead atoms. The Kier molecular flexibility index (Phi) is 2.65. The lowest BCUT2D eigenvalue weighted by Crippen LogP contribution is -2.03. The minimum atomic E-state index is -0.101. The van der Waals surface area contributed by atoms with Crippen LogP contribution in [0.25, 0.3) is 23.2 Å². The molecular weight excluding hydrogens is 252 g/mol. The first-order valence-corrected chi connectivity index (χ1v) is 6.17. The fourth-order valence-corrected chi connectivity index (χ4v) is 2.16. The summed E-state index contributed by atoms with van der Waals surface area (Å²) in [5.41, 5.74) is 6.39. The third-order valence-electron chi connectivity index (χ3n) is 2.27. The second kappa shape index (κ2) is 4.31. The predicted molar refractivity (Wildman–Crippen MR) is 65.6 cm³/mol. The highest BCUT2D eigenvalue weighted by atomic mass is 32.1. The monoisotopic (exact) mass is 262 g/mol. The van der Waals surface area contributed by atoms with E-state index in [1.54, 1.807) is 12.4 Å². The van der Waals surface area contributed by atoms with Gasteiger partial charge in [-0.15, -0.1) is 11.3 Å². The maximum absolute atomic E-state index is 5.75. The highest BCUT2D eigenvalue weighted by Gasteiger charge is 2.15. The van der Waals surface area contributed by atoms with Crippen LogP contribution >= 0.6 is 11.3 Å². The van der Waals surface area contributed by atoms with E-state index in [-0.39, 0.29) is 6.04 Å². The summed E-state index contributed by atoms with van der Waals surface area (Å²) < 4.78 is 5.15. The molecule has 3 aromatic rings. The quantitative estimate of drug-likeness (QED) is 0.742. The normalized spacial score (nSPS) is 12.8. The maximum Gasteiger partial charge on any atom is 0.277 e. The molecule has 0 aliphatic heterocycles. The summed E-state index contributed by atoms with van der Waals surface area (Å²) in [4.78, 5) is 15.5. The number of imidazole rings is 1.